The summed E-state index contributed by atoms with van der Waals surface area (Å²) in [6.07, 6.45) is -3.35. The molecule has 8 nitrogen and oxygen atoms in total. The van der Waals surface area contributed by atoms with Crippen LogP contribution in [0.4, 0.5) is 0 Å². The summed E-state index contributed by atoms with van der Waals surface area (Å²) >= 11 is 0. The molecular weight excluding hydrogens is 392 g/mol. The average molecular weight is 418 g/mol. The van der Waals surface area contributed by atoms with Crippen molar-refractivity contribution in [1.82, 2.24) is 0 Å². The van der Waals surface area contributed by atoms with Crippen molar-refractivity contribution in [2.45, 2.75) is 24.8 Å². The van der Waals surface area contributed by atoms with Crippen molar-refractivity contribution in [3.05, 3.63) is 47.5 Å². The fourth-order valence-corrected chi connectivity index (χ4v) is 4.41. The van der Waals surface area contributed by atoms with Crippen LogP contribution in [0.3, 0.4) is 0 Å². The molecule has 2 fully saturated rings. The molecule has 8 heteroatoms. The maximum atomic E-state index is 10.7. The van der Waals surface area contributed by atoms with E-state index in [-0.39, 0.29) is 0 Å². The van der Waals surface area contributed by atoms with Crippen molar-refractivity contribution in [3.8, 4) is 23.0 Å². The van der Waals surface area contributed by atoms with Gasteiger partial charge >= 0.3 is 0 Å². The molecule has 2 aliphatic rings. The Kier molecular flexibility index (Phi) is 5.75. The van der Waals surface area contributed by atoms with E-state index in [2.05, 4.69) is 0 Å². The molecule has 0 bridgehead atoms. The van der Waals surface area contributed by atoms with Crippen LogP contribution in [-0.2, 0) is 9.47 Å². The average Bonchev–Trinajstić information content (AvgIpc) is 3.30. The van der Waals surface area contributed by atoms with Gasteiger partial charge in [-0.2, -0.15) is 0 Å². The molecule has 0 aromatic heterocycles. The van der Waals surface area contributed by atoms with Crippen molar-refractivity contribution in [1.29, 1.82) is 0 Å². The SMILES string of the molecule is COc1ccc([C@@H]2O[C@H](O)[C@@H]3[C@@H]2[C@H](O)O[C@H]3c2ccc(OC)c(OC)c2)cc1OC. The lowest BCUT2D eigenvalue weighted by atomic mass is 9.83. The second-order valence-electron chi connectivity index (χ2n) is 7.28. The van der Waals surface area contributed by atoms with Crippen LogP contribution in [0.2, 0.25) is 0 Å². The normalized spacial score (nSPS) is 30.1. The molecule has 0 aliphatic carbocycles. The molecule has 2 N–H and O–H groups in total. The van der Waals surface area contributed by atoms with E-state index in [0.29, 0.717) is 23.0 Å². The summed E-state index contributed by atoms with van der Waals surface area (Å²) in [5, 5.41) is 21.4. The third-order valence-corrected chi connectivity index (χ3v) is 5.85. The fraction of sp³-hybridized carbons (Fsp3) is 0.455. The van der Waals surface area contributed by atoms with Gasteiger partial charge in [0.2, 0.25) is 0 Å². The summed E-state index contributed by atoms with van der Waals surface area (Å²) in [4.78, 5) is 0. The van der Waals surface area contributed by atoms with Gasteiger partial charge in [-0.1, -0.05) is 12.1 Å². The van der Waals surface area contributed by atoms with Gasteiger partial charge in [0.05, 0.1) is 52.5 Å². The first kappa shape index (κ1) is 20.7. The Hall–Kier alpha value is -2.52. The molecule has 4 rings (SSSR count). The second-order valence-corrected chi connectivity index (χ2v) is 7.28. The van der Waals surface area contributed by atoms with Gasteiger partial charge in [-0.15, -0.1) is 0 Å². The molecule has 162 valence electrons. The number of methoxy groups -OCH3 is 4. The van der Waals surface area contributed by atoms with Crippen molar-refractivity contribution in [3.63, 3.8) is 0 Å². The smallest absolute Gasteiger partial charge is 0.161 e. The zero-order chi connectivity index (χ0) is 21.4. The lowest BCUT2D eigenvalue weighted by Crippen LogP contribution is -2.23. The quantitative estimate of drug-likeness (QED) is 0.739. The maximum absolute atomic E-state index is 10.7. The molecular formula is C22H26O8. The van der Waals surface area contributed by atoms with Gasteiger partial charge in [0.15, 0.2) is 35.6 Å². The zero-order valence-electron chi connectivity index (χ0n) is 17.3. The largest absolute Gasteiger partial charge is 0.493 e. The Labute approximate surface area is 174 Å². The minimum absolute atomic E-state index is 0.462. The fourth-order valence-electron chi connectivity index (χ4n) is 4.41. The van der Waals surface area contributed by atoms with Crippen LogP contribution >= 0.6 is 0 Å². The minimum Gasteiger partial charge on any atom is -0.493 e. The first-order valence-corrected chi connectivity index (χ1v) is 9.63. The van der Waals surface area contributed by atoms with Gasteiger partial charge in [0.1, 0.15) is 0 Å². The van der Waals surface area contributed by atoms with Crippen LogP contribution in [0.1, 0.15) is 23.3 Å². The predicted molar refractivity (Wildman–Crippen MR) is 106 cm³/mol. The van der Waals surface area contributed by atoms with E-state index < -0.39 is 36.6 Å². The van der Waals surface area contributed by atoms with Crippen LogP contribution in [0, 0.1) is 11.8 Å². The predicted octanol–water partition coefficient (Wildman–Crippen LogP) is 2.43. The van der Waals surface area contributed by atoms with E-state index in [0.717, 1.165) is 11.1 Å². The molecule has 2 aromatic rings. The van der Waals surface area contributed by atoms with E-state index >= 15 is 0 Å². The molecule has 6 atom stereocenters. The number of aliphatic hydroxyl groups excluding tert-OH is 2. The molecule has 2 heterocycles. The maximum Gasteiger partial charge on any atom is 0.161 e. The number of fused-ring (bicyclic) bond motifs is 1. The number of rotatable bonds is 6. The number of hydrogen-bond acceptors (Lipinski definition) is 8. The Morgan fingerprint density at radius 2 is 0.967 bits per heavy atom. The molecule has 0 spiro atoms. The lowest BCUT2D eigenvalue weighted by Gasteiger charge is -2.21. The van der Waals surface area contributed by atoms with Crippen molar-refractivity contribution < 1.29 is 38.6 Å². The summed E-state index contributed by atoms with van der Waals surface area (Å²) in [5.41, 5.74) is 1.52. The molecule has 0 unspecified atom stereocenters. The number of hydrogen-bond donors (Lipinski definition) is 2. The lowest BCUT2D eigenvalue weighted by molar-refractivity contribution is -0.173. The molecule has 2 saturated heterocycles. The van der Waals surface area contributed by atoms with Crippen LogP contribution in [0.5, 0.6) is 23.0 Å². The highest BCUT2D eigenvalue weighted by Crippen LogP contribution is 2.55. The summed E-state index contributed by atoms with van der Waals surface area (Å²) in [6.45, 7) is 0. The third kappa shape index (κ3) is 3.35. The van der Waals surface area contributed by atoms with Crippen molar-refractivity contribution >= 4 is 0 Å². The third-order valence-electron chi connectivity index (χ3n) is 5.85. The molecule has 0 amide bonds. The highest BCUT2D eigenvalue weighted by Gasteiger charge is 2.57. The van der Waals surface area contributed by atoms with Gasteiger partial charge in [0, 0.05) is 0 Å². The standard InChI is InChI=1S/C22H26O8/c1-25-13-7-5-11(9-15(13)27-3)19-17-18(22(24)29-19)20(30-21(17)23)12-6-8-14(26-2)16(10-12)28-4/h5-10,17-24H,1-4H3/t17-,18+,19-,20-,21+,22-/m0/s1. The molecule has 30 heavy (non-hydrogen) atoms. The number of aliphatic hydroxyl groups is 2. The van der Waals surface area contributed by atoms with E-state index in [4.69, 9.17) is 28.4 Å². The zero-order valence-corrected chi connectivity index (χ0v) is 17.3. The van der Waals surface area contributed by atoms with Crippen LogP contribution < -0.4 is 18.9 Å². The molecule has 0 saturated carbocycles. The van der Waals surface area contributed by atoms with Crippen LogP contribution in [-0.4, -0.2) is 51.2 Å². The Morgan fingerprint density at radius 3 is 1.30 bits per heavy atom. The highest BCUT2D eigenvalue weighted by atomic mass is 16.7. The van der Waals surface area contributed by atoms with E-state index in [1.165, 1.54) is 0 Å². The number of ether oxygens (including phenoxy) is 6. The van der Waals surface area contributed by atoms with Gasteiger partial charge < -0.3 is 38.6 Å². The highest BCUT2D eigenvalue weighted by molar-refractivity contribution is 5.45. The van der Waals surface area contributed by atoms with E-state index in [9.17, 15) is 10.2 Å². The van der Waals surface area contributed by atoms with Gasteiger partial charge in [0.25, 0.3) is 0 Å². The van der Waals surface area contributed by atoms with E-state index in [1.807, 2.05) is 12.1 Å². The van der Waals surface area contributed by atoms with Crippen LogP contribution in [0.15, 0.2) is 36.4 Å². The van der Waals surface area contributed by atoms with Crippen LogP contribution in [0.25, 0.3) is 0 Å². The summed E-state index contributed by atoms with van der Waals surface area (Å²) in [5.74, 6) is 1.33. The minimum atomic E-state index is -1.11. The van der Waals surface area contributed by atoms with Gasteiger partial charge in [-0.25, -0.2) is 0 Å². The second kappa shape index (κ2) is 8.31. The first-order valence-electron chi connectivity index (χ1n) is 9.63. The summed E-state index contributed by atoms with van der Waals surface area (Å²) in [7, 11) is 6.22. The van der Waals surface area contributed by atoms with Gasteiger partial charge in [-0.3, -0.25) is 0 Å². The topological polar surface area (TPSA) is 95.8 Å². The monoisotopic (exact) mass is 418 g/mol. The molecule has 2 aromatic carbocycles. The van der Waals surface area contributed by atoms with Crippen molar-refractivity contribution in [2.24, 2.45) is 11.8 Å². The molecule has 2 aliphatic heterocycles. The Balaban J connectivity index is 1.66. The first-order chi connectivity index (χ1) is 14.5. The summed E-state index contributed by atoms with van der Waals surface area (Å²) < 4.78 is 33.1. The van der Waals surface area contributed by atoms with E-state index in [1.54, 1.807) is 52.7 Å². The Bertz CT molecular complexity index is 827. The molecule has 0 radical (unpaired) electrons. The van der Waals surface area contributed by atoms with Gasteiger partial charge in [-0.05, 0) is 35.4 Å². The number of benzene rings is 2. The van der Waals surface area contributed by atoms with Crippen molar-refractivity contribution in [2.75, 3.05) is 28.4 Å². The Morgan fingerprint density at radius 1 is 0.600 bits per heavy atom. The summed E-state index contributed by atoms with van der Waals surface area (Å²) in [6, 6.07) is 10.8.